The lowest BCUT2D eigenvalue weighted by molar-refractivity contribution is -0.142. The fourth-order valence-electron chi connectivity index (χ4n) is 3.28. The second-order valence-electron chi connectivity index (χ2n) is 6.91. The minimum absolute atomic E-state index is 0.0249. The molecule has 2 aliphatic carbocycles. The van der Waals surface area contributed by atoms with Crippen LogP contribution in [0, 0.1) is 5.41 Å². The van der Waals surface area contributed by atoms with Crippen LogP contribution in [0.2, 0.25) is 0 Å². The smallest absolute Gasteiger partial charge is 0.317 e. The van der Waals surface area contributed by atoms with E-state index in [9.17, 15) is 18.0 Å². The number of hydrogen-bond acceptors (Lipinski definition) is 6. The number of sulfonamides is 1. The molecule has 0 heterocycles. The molecule has 0 spiro atoms. The Morgan fingerprint density at radius 1 is 1.33 bits per heavy atom. The van der Waals surface area contributed by atoms with E-state index in [1.807, 2.05) is 11.8 Å². The fraction of sp³-hybridized carbons (Fsp3) is 0.867. The van der Waals surface area contributed by atoms with E-state index in [-0.39, 0.29) is 36.8 Å². The van der Waals surface area contributed by atoms with Gasteiger partial charge in [-0.05, 0) is 37.6 Å². The molecule has 8 nitrogen and oxygen atoms in total. The van der Waals surface area contributed by atoms with Crippen molar-refractivity contribution in [2.24, 2.45) is 5.41 Å². The van der Waals surface area contributed by atoms with E-state index in [2.05, 4.69) is 9.46 Å². The molecule has 2 aliphatic rings. The summed E-state index contributed by atoms with van der Waals surface area (Å²) in [5.41, 5.74) is -0.471. The Hall–Kier alpha value is -1.19. The molecule has 2 fully saturated rings. The molecule has 0 aliphatic heterocycles. The first-order valence-corrected chi connectivity index (χ1v) is 9.86. The first-order chi connectivity index (χ1) is 11.2. The van der Waals surface area contributed by atoms with Gasteiger partial charge in [0.2, 0.25) is 10.0 Å². The number of rotatable bonds is 10. The number of aliphatic carboxylic acids is 1. The molecule has 0 amide bonds. The second-order valence-corrected chi connectivity index (χ2v) is 8.66. The van der Waals surface area contributed by atoms with E-state index < -0.39 is 21.4 Å². The highest BCUT2D eigenvalue weighted by molar-refractivity contribution is 7.89. The molecule has 2 rings (SSSR count). The van der Waals surface area contributed by atoms with Gasteiger partial charge in [-0.3, -0.25) is 14.5 Å². The van der Waals surface area contributed by atoms with Crippen molar-refractivity contribution < 1.29 is 27.9 Å². The number of hydrogen-bond donors (Lipinski definition) is 2. The minimum atomic E-state index is -3.46. The predicted molar refractivity (Wildman–Crippen MR) is 86.9 cm³/mol. The van der Waals surface area contributed by atoms with Gasteiger partial charge in [-0.1, -0.05) is 6.92 Å². The monoisotopic (exact) mass is 362 g/mol. The fourth-order valence-corrected chi connectivity index (χ4v) is 5.26. The zero-order valence-corrected chi connectivity index (χ0v) is 15.0. The third-order valence-electron chi connectivity index (χ3n) is 4.92. The van der Waals surface area contributed by atoms with Gasteiger partial charge in [-0.25, -0.2) is 13.1 Å². The highest BCUT2D eigenvalue weighted by Gasteiger charge is 2.48. The molecule has 0 bridgehead atoms. The topological polar surface area (TPSA) is 113 Å². The van der Waals surface area contributed by atoms with E-state index >= 15 is 0 Å². The van der Waals surface area contributed by atoms with E-state index in [4.69, 9.17) is 5.11 Å². The van der Waals surface area contributed by atoms with Crippen LogP contribution in [-0.2, 0) is 24.3 Å². The van der Waals surface area contributed by atoms with Gasteiger partial charge in [0.15, 0.2) is 0 Å². The van der Waals surface area contributed by atoms with E-state index in [0.29, 0.717) is 19.4 Å². The largest absolute Gasteiger partial charge is 0.480 e. The molecule has 9 heteroatoms. The summed E-state index contributed by atoms with van der Waals surface area (Å²) < 4.78 is 31.9. The minimum Gasteiger partial charge on any atom is -0.480 e. The highest BCUT2D eigenvalue weighted by atomic mass is 32.2. The molecule has 0 aromatic rings. The van der Waals surface area contributed by atoms with E-state index in [1.165, 1.54) is 7.11 Å². The van der Waals surface area contributed by atoms with Crippen LogP contribution in [0.15, 0.2) is 0 Å². The van der Waals surface area contributed by atoms with Gasteiger partial charge in [-0.2, -0.15) is 0 Å². The van der Waals surface area contributed by atoms with Crippen LogP contribution >= 0.6 is 0 Å². The Balaban J connectivity index is 1.80. The molecule has 24 heavy (non-hydrogen) atoms. The Morgan fingerprint density at radius 2 is 1.96 bits per heavy atom. The SMILES string of the molecule is CCN(CC(=O)O)C1CC(NS(=O)(=O)CC2(CC(=O)OC)CC2)C1. The van der Waals surface area contributed by atoms with E-state index in [0.717, 1.165) is 12.8 Å². The number of nitrogens with one attached hydrogen (secondary N) is 1. The maximum atomic E-state index is 12.3. The molecule has 0 radical (unpaired) electrons. The van der Waals surface area contributed by atoms with Gasteiger partial charge in [0.25, 0.3) is 0 Å². The average Bonchev–Trinajstić information content (AvgIpc) is 3.18. The summed E-state index contributed by atoms with van der Waals surface area (Å²) in [6.45, 7) is 2.49. The number of carboxylic acid groups (broad SMARTS) is 1. The molecule has 0 aromatic carbocycles. The summed E-state index contributed by atoms with van der Waals surface area (Å²) in [6, 6.07) is -0.0551. The summed E-state index contributed by atoms with van der Waals surface area (Å²) in [5.74, 6) is -1.30. The summed E-state index contributed by atoms with van der Waals surface area (Å²) in [5, 5.41) is 8.87. The molecule has 0 saturated heterocycles. The lowest BCUT2D eigenvalue weighted by Crippen LogP contribution is -2.55. The molecule has 0 atom stereocenters. The molecule has 138 valence electrons. The Labute approximate surface area is 142 Å². The maximum absolute atomic E-state index is 12.3. The van der Waals surface area contributed by atoms with Crippen LogP contribution in [-0.4, -0.2) is 68.4 Å². The van der Waals surface area contributed by atoms with Crippen molar-refractivity contribution in [2.75, 3.05) is 26.0 Å². The zero-order valence-electron chi connectivity index (χ0n) is 14.2. The maximum Gasteiger partial charge on any atom is 0.317 e. The first kappa shape index (κ1) is 19.1. The first-order valence-electron chi connectivity index (χ1n) is 8.21. The third kappa shape index (κ3) is 5.15. The number of ether oxygens (including phenoxy) is 1. The van der Waals surface area contributed by atoms with Gasteiger partial charge >= 0.3 is 11.9 Å². The van der Waals surface area contributed by atoms with Crippen molar-refractivity contribution in [2.45, 2.75) is 51.1 Å². The Kier molecular flexibility index (Phi) is 5.87. The molecule has 2 N–H and O–H groups in total. The second kappa shape index (κ2) is 7.37. The van der Waals surface area contributed by atoms with Crippen molar-refractivity contribution in [3.63, 3.8) is 0 Å². The van der Waals surface area contributed by atoms with Crippen molar-refractivity contribution >= 4 is 22.0 Å². The zero-order chi connectivity index (χ0) is 18.0. The summed E-state index contributed by atoms with van der Waals surface area (Å²) >= 11 is 0. The normalized spacial score (nSPS) is 25.1. The summed E-state index contributed by atoms with van der Waals surface area (Å²) in [4.78, 5) is 24.0. The number of carboxylic acids is 1. The van der Waals surface area contributed by atoms with Crippen LogP contribution in [0.1, 0.15) is 39.0 Å². The standard InChI is InChI=1S/C15H26N2O6S/c1-3-17(9-13(18)19)12-6-11(7-12)16-24(21,22)10-15(4-5-15)8-14(20)23-2/h11-12,16H,3-10H2,1-2H3,(H,18,19). The van der Waals surface area contributed by atoms with Gasteiger partial charge in [0.05, 0.1) is 25.8 Å². The third-order valence-corrected chi connectivity index (χ3v) is 6.61. The highest BCUT2D eigenvalue weighted by Crippen LogP contribution is 2.50. The molecular formula is C15H26N2O6S. The molecular weight excluding hydrogens is 336 g/mol. The van der Waals surface area contributed by atoms with Crippen LogP contribution < -0.4 is 4.72 Å². The molecule has 0 unspecified atom stereocenters. The van der Waals surface area contributed by atoms with Crippen LogP contribution in [0.4, 0.5) is 0 Å². The van der Waals surface area contributed by atoms with E-state index in [1.54, 1.807) is 0 Å². The Morgan fingerprint density at radius 3 is 2.42 bits per heavy atom. The molecule has 0 aromatic heterocycles. The molecule has 2 saturated carbocycles. The number of carbonyl (C=O) groups is 2. The van der Waals surface area contributed by atoms with Crippen LogP contribution in [0.3, 0.4) is 0 Å². The number of esters is 1. The quantitative estimate of drug-likeness (QED) is 0.533. The van der Waals surface area contributed by atoms with Crippen molar-refractivity contribution in [3.05, 3.63) is 0 Å². The number of nitrogens with zero attached hydrogens (tertiary/aromatic N) is 1. The van der Waals surface area contributed by atoms with Crippen molar-refractivity contribution in [1.29, 1.82) is 0 Å². The van der Waals surface area contributed by atoms with Crippen molar-refractivity contribution in [1.82, 2.24) is 9.62 Å². The van der Waals surface area contributed by atoms with Gasteiger partial charge in [0, 0.05) is 12.1 Å². The lowest BCUT2D eigenvalue weighted by Gasteiger charge is -2.42. The lowest BCUT2D eigenvalue weighted by atomic mass is 9.86. The van der Waals surface area contributed by atoms with Gasteiger partial charge in [-0.15, -0.1) is 0 Å². The summed E-state index contributed by atoms with van der Waals surface area (Å²) in [7, 11) is -2.16. The van der Waals surface area contributed by atoms with Crippen LogP contribution in [0.25, 0.3) is 0 Å². The summed E-state index contributed by atoms with van der Waals surface area (Å²) in [6.07, 6.45) is 2.81. The van der Waals surface area contributed by atoms with Crippen LogP contribution in [0.5, 0.6) is 0 Å². The van der Waals surface area contributed by atoms with Gasteiger partial charge < -0.3 is 9.84 Å². The Bertz CT molecular complexity index is 581. The number of methoxy groups -OCH3 is 1. The van der Waals surface area contributed by atoms with Crippen molar-refractivity contribution in [3.8, 4) is 0 Å². The number of carbonyl (C=O) groups excluding carboxylic acids is 1. The predicted octanol–water partition coefficient (Wildman–Crippen LogP) is 0.187. The average molecular weight is 362 g/mol. The van der Waals surface area contributed by atoms with Gasteiger partial charge in [0.1, 0.15) is 0 Å². The number of likely N-dealkylation sites (N-methyl/N-ethyl adjacent to an activating group) is 1.